The number of rotatable bonds is 7. The smallest absolute Gasteiger partial charge is 0.0451 e. The van der Waals surface area contributed by atoms with E-state index in [0.29, 0.717) is 0 Å². The average Bonchev–Trinajstić information content (AvgIpc) is 2.01. The predicted molar refractivity (Wildman–Crippen MR) is 50.6 cm³/mol. The third-order valence-electron chi connectivity index (χ3n) is 1.85. The molecule has 0 saturated carbocycles. The van der Waals surface area contributed by atoms with Crippen LogP contribution < -0.4 is 10.6 Å². The lowest BCUT2D eigenvalue weighted by Gasteiger charge is -2.11. The van der Waals surface area contributed by atoms with Crippen molar-refractivity contribution in [2.75, 3.05) is 20.3 Å². The summed E-state index contributed by atoms with van der Waals surface area (Å²) in [5.41, 5.74) is 0. The van der Waals surface area contributed by atoms with Gasteiger partial charge in [-0.15, -0.1) is 0 Å². The third kappa shape index (κ3) is 7.82. The SMILES string of the molecule is CCCCC(C)CNCNC. The van der Waals surface area contributed by atoms with Crippen molar-refractivity contribution in [3.8, 4) is 0 Å². The van der Waals surface area contributed by atoms with Crippen molar-refractivity contribution in [1.82, 2.24) is 10.6 Å². The van der Waals surface area contributed by atoms with Crippen LogP contribution in [0.25, 0.3) is 0 Å². The standard InChI is InChI=1S/C9H22N2/c1-4-5-6-9(2)7-11-8-10-3/h9-11H,4-8H2,1-3H3. The van der Waals surface area contributed by atoms with Gasteiger partial charge in [-0.1, -0.05) is 26.7 Å². The van der Waals surface area contributed by atoms with Gasteiger partial charge < -0.3 is 10.6 Å². The lowest BCUT2D eigenvalue weighted by atomic mass is 10.1. The maximum Gasteiger partial charge on any atom is 0.0451 e. The quantitative estimate of drug-likeness (QED) is 0.434. The van der Waals surface area contributed by atoms with Gasteiger partial charge in [0, 0.05) is 6.67 Å². The van der Waals surface area contributed by atoms with Crippen LogP contribution in [0.5, 0.6) is 0 Å². The fraction of sp³-hybridized carbons (Fsp3) is 1.00. The summed E-state index contributed by atoms with van der Waals surface area (Å²) >= 11 is 0. The maximum absolute atomic E-state index is 3.33. The summed E-state index contributed by atoms with van der Waals surface area (Å²) in [4.78, 5) is 0. The van der Waals surface area contributed by atoms with Crippen LogP contribution in [0.4, 0.5) is 0 Å². The van der Waals surface area contributed by atoms with Gasteiger partial charge >= 0.3 is 0 Å². The summed E-state index contributed by atoms with van der Waals surface area (Å²) in [6, 6.07) is 0. The Hall–Kier alpha value is -0.0800. The van der Waals surface area contributed by atoms with Crippen LogP contribution in [-0.4, -0.2) is 20.3 Å². The second-order valence-electron chi connectivity index (χ2n) is 3.23. The van der Waals surface area contributed by atoms with Crippen molar-refractivity contribution in [1.29, 1.82) is 0 Å². The molecule has 0 fully saturated rings. The van der Waals surface area contributed by atoms with Crippen molar-refractivity contribution < 1.29 is 0 Å². The monoisotopic (exact) mass is 158 g/mol. The highest BCUT2D eigenvalue weighted by Gasteiger charge is 1.98. The Morgan fingerprint density at radius 2 is 2.09 bits per heavy atom. The van der Waals surface area contributed by atoms with Crippen molar-refractivity contribution in [2.45, 2.75) is 33.1 Å². The van der Waals surface area contributed by atoms with Gasteiger partial charge in [0.2, 0.25) is 0 Å². The largest absolute Gasteiger partial charge is 0.308 e. The summed E-state index contributed by atoms with van der Waals surface area (Å²) in [6.07, 6.45) is 4.03. The molecule has 0 amide bonds. The lowest BCUT2D eigenvalue weighted by molar-refractivity contribution is 0.457. The minimum Gasteiger partial charge on any atom is -0.308 e. The summed E-state index contributed by atoms with van der Waals surface area (Å²) < 4.78 is 0. The molecule has 11 heavy (non-hydrogen) atoms. The van der Waals surface area contributed by atoms with Gasteiger partial charge in [-0.25, -0.2) is 0 Å². The van der Waals surface area contributed by atoms with E-state index in [1.54, 1.807) is 0 Å². The van der Waals surface area contributed by atoms with Crippen LogP contribution in [0.15, 0.2) is 0 Å². The summed E-state index contributed by atoms with van der Waals surface area (Å²) in [6.45, 7) is 6.61. The Labute approximate surface area is 70.8 Å². The first-order valence-electron chi connectivity index (χ1n) is 4.66. The van der Waals surface area contributed by atoms with E-state index in [-0.39, 0.29) is 0 Å². The predicted octanol–water partition coefficient (Wildman–Crippen LogP) is 1.58. The summed E-state index contributed by atoms with van der Waals surface area (Å²) in [5.74, 6) is 0.822. The molecule has 0 aliphatic carbocycles. The molecule has 0 heterocycles. The van der Waals surface area contributed by atoms with E-state index in [9.17, 15) is 0 Å². The Morgan fingerprint density at radius 3 is 2.64 bits per heavy atom. The van der Waals surface area contributed by atoms with Gasteiger partial charge in [-0.3, -0.25) is 0 Å². The molecule has 0 aromatic rings. The van der Waals surface area contributed by atoms with E-state index in [1.165, 1.54) is 19.3 Å². The topological polar surface area (TPSA) is 24.1 Å². The minimum atomic E-state index is 0.822. The van der Waals surface area contributed by atoms with E-state index < -0.39 is 0 Å². The van der Waals surface area contributed by atoms with Crippen LogP contribution in [0.3, 0.4) is 0 Å². The van der Waals surface area contributed by atoms with E-state index in [0.717, 1.165) is 19.1 Å². The molecule has 1 atom stereocenters. The Balaban J connectivity index is 3.02. The molecule has 0 aromatic carbocycles. The molecule has 0 rings (SSSR count). The van der Waals surface area contributed by atoms with E-state index in [2.05, 4.69) is 24.5 Å². The lowest BCUT2D eigenvalue weighted by Crippen LogP contribution is -2.29. The van der Waals surface area contributed by atoms with Crippen LogP contribution in [-0.2, 0) is 0 Å². The van der Waals surface area contributed by atoms with Crippen LogP contribution in [0, 0.1) is 5.92 Å². The number of unbranched alkanes of at least 4 members (excludes halogenated alkanes) is 1. The molecule has 0 aliphatic rings. The molecule has 0 radical (unpaired) electrons. The highest BCUT2D eigenvalue weighted by atomic mass is 15.0. The minimum absolute atomic E-state index is 0.822. The van der Waals surface area contributed by atoms with E-state index in [1.807, 2.05) is 7.05 Å². The fourth-order valence-electron chi connectivity index (χ4n) is 1.10. The van der Waals surface area contributed by atoms with E-state index >= 15 is 0 Å². The molecule has 1 unspecified atom stereocenters. The average molecular weight is 158 g/mol. The molecule has 2 nitrogen and oxygen atoms in total. The molecule has 2 N–H and O–H groups in total. The molecule has 0 aliphatic heterocycles. The van der Waals surface area contributed by atoms with Gasteiger partial charge in [0.05, 0.1) is 0 Å². The molecule has 0 aromatic heterocycles. The third-order valence-corrected chi connectivity index (χ3v) is 1.85. The number of nitrogens with one attached hydrogen (secondary N) is 2. The zero-order chi connectivity index (χ0) is 8.53. The normalized spacial score (nSPS) is 13.4. The first kappa shape index (κ1) is 10.9. The highest BCUT2D eigenvalue weighted by Crippen LogP contribution is 2.05. The highest BCUT2D eigenvalue weighted by molar-refractivity contribution is 4.55. The summed E-state index contributed by atoms with van der Waals surface area (Å²) in [7, 11) is 1.96. The zero-order valence-corrected chi connectivity index (χ0v) is 8.11. The molecular weight excluding hydrogens is 136 g/mol. The molecule has 0 bridgehead atoms. The fourth-order valence-corrected chi connectivity index (χ4v) is 1.10. The van der Waals surface area contributed by atoms with Crippen molar-refractivity contribution >= 4 is 0 Å². The van der Waals surface area contributed by atoms with Crippen LogP contribution in [0.1, 0.15) is 33.1 Å². The first-order valence-corrected chi connectivity index (χ1v) is 4.66. The number of hydrogen-bond acceptors (Lipinski definition) is 2. The van der Waals surface area contributed by atoms with Gasteiger partial charge in [0.1, 0.15) is 0 Å². The van der Waals surface area contributed by atoms with Crippen LogP contribution >= 0.6 is 0 Å². The second kappa shape index (κ2) is 8.02. The summed E-state index contributed by atoms with van der Waals surface area (Å²) in [5, 5.41) is 6.40. The van der Waals surface area contributed by atoms with Gasteiger partial charge in [0.25, 0.3) is 0 Å². The van der Waals surface area contributed by atoms with Crippen molar-refractivity contribution in [3.63, 3.8) is 0 Å². The Morgan fingerprint density at radius 1 is 1.36 bits per heavy atom. The molecule has 0 saturated heterocycles. The van der Waals surface area contributed by atoms with Crippen molar-refractivity contribution in [3.05, 3.63) is 0 Å². The molecule has 0 spiro atoms. The zero-order valence-electron chi connectivity index (χ0n) is 8.11. The number of hydrogen-bond donors (Lipinski definition) is 2. The van der Waals surface area contributed by atoms with Gasteiger partial charge in [0.15, 0.2) is 0 Å². The Kier molecular flexibility index (Phi) is 7.96. The van der Waals surface area contributed by atoms with Gasteiger partial charge in [-0.05, 0) is 25.9 Å². The Bertz CT molecular complexity index is 74.0. The maximum atomic E-state index is 3.33. The van der Waals surface area contributed by atoms with E-state index in [4.69, 9.17) is 0 Å². The second-order valence-corrected chi connectivity index (χ2v) is 3.23. The van der Waals surface area contributed by atoms with Crippen LogP contribution in [0.2, 0.25) is 0 Å². The molecule has 2 heteroatoms. The molecular formula is C9H22N2. The van der Waals surface area contributed by atoms with Gasteiger partial charge in [-0.2, -0.15) is 0 Å². The molecule has 68 valence electrons. The van der Waals surface area contributed by atoms with Crippen molar-refractivity contribution in [2.24, 2.45) is 5.92 Å². The first-order chi connectivity index (χ1) is 5.31.